The van der Waals surface area contributed by atoms with E-state index in [-0.39, 0.29) is 11.3 Å². The summed E-state index contributed by atoms with van der Waals surface area (Å²) in [6.07, 6.45) is 2.94. The van der Waals surface area contributed by atoms with Crippen molar-refractivity contribution in [2.75, 3.05) is 10.6 Å². The number of amides is 1. The van der Waals surface area contributed by atoms with E-state index in [4.69, 9.17) is 5.26 Å². The Morgan fingerprint density at radius 1 is 1.30 bits per heavy atom. The largest absolute Gasteiger partial charge is 0.508 e. The molecule has 0 radical (unpaired) electrons. The Bertz CT molecular complexity index is 789. The monoisotopic (exact) mass is 308 g/mol. The van der Waals surface area contributed by atoms with Crippen LogP contribution >= 0.6 is 0 Å². The van der Waals surface area contributed by atoms with Crippen molar-refractivity contribution in [2.24, 2.45) is 0 Å². The molecule has 1 amide bonds. The van der Waals surface area contributed by atoms with Gasteiger partial charge in [0, 0.05) is 17.6 Å². The molecule has 116 valence electrons. The lowest BCUT2D eigenvalue weighted by atomic mass is 10.2. The number of hydrogen-bond acceptors (Lipinski definition) is 5. The zero-order valence-electron chi connectivity index (χ0n) is 12.8. The molecule has 1 aromatic heterocycles. The highest BCUT2D eigenvalue weighted by Crippen LogP contribution is 2.20. The first kappa shape index (κ1) is 16.0. The smallest absolute Gasteiger partial charge is 0.267 e. The van der Waals surface area contributed by atoms with Crippen LogP contribution in [0, 0.1) is 25.2 Å². The number of carbonyl (C=O) groups is 1. The number of hydrogen-bond donors (Lipinski definition) is 3. The number of nitrogens with zero attached hydrogens (tertiary/aromatic N) is 2. The fraction of sp³-hybridized carbons (Fsp3) is 0.118. The molecule has 1 heterocycles. The fourth-order valence-corrected chi connectivity index (χ4v) is 1.84. The summed E-state index contributed by atoms with van der Waals surface area (Å²) in [7, 11) is 0. The molecule has 6 nitrogen and oxygen atoms in total. The number of nitriles is 1. The zero-order valence-corrected chi connectivity index (χ0v) is 12.8. The van der Waals surface area contributed by atoms with Gasteiger partial charge in [-0.2, -0.15) is 5.26 Å². The summed E-state index contributed by atoms with van der Waals surface area (Å²) in [4.78, 5) is 16.3. The Labute approximate surface area is 134 Å². The molecule has 0 fully saturated rings. The average molecular weight is 308 g/mol. The number of rotatable bonds is 4. The number of phenolic OH excluding ortho intramolecular Hbond substituents is 1. The van der Waals surface area contributed by atoms with Crippen LogP contribution in [0.4, 0.5) is 11.4 Å². The molecule has 0 aliphatic heterocycles. The first-order chi connectivity index (χ1) is 11.0. The first-order valence-corrected chi connectivity index (χ1v) is 6.90. The highest BCUT2D eigenvalue weighted by molar-refractivity contribution is 6.07. The second-order valence-corrected chi connectivity index (χ2v) is 4.96. The maximum absolute atomic E-state index is 12.1. The molecule has 0 spiro atoms. The minimum absolute atomic E-state index is 0.0713. The van der Waals surface area contributed by atoms with Crippen molar-refractivity contribution in [3.05, 3.63) is 59.6 Å². The molecule has 6 heteroatoms. The molecule has 1 aromatic carbocycles. The number of pyridine rings is 1. The van der Waals surface area contributed by atoms with Gasteiger partial charge in [0.05, 0.1) is 11.9 Å². The topological polar surface area (TPSA) is 98.0 Å². The standard InChI is InChI=1S/C17H16N4O2/c1-11-7-15(22)5-6-16(11)21-17(23)13(8-18)9-20-14-4-3-12(2)19-10-14/h3-7,9-10,20,22H,1-2H3,(H,21,23)/b13-9-. The van der Waals surface area contributed by atoms with Gasteiger partial charge < -0.3 is 15.7 Å². The van der Waals surface area contributed by atoms with Crippen molar-refractivity contribution in [2.45, 2.75) is 13.8 Å². The normalized spacial score (nSPS) is 10.7. The van der Waals surface area contributed by atoms with E-state index in [2.05, 4.69) is 15.6 Å². The zero-order chi connectivity index (χ0) is 16.8. The quantitative estimate of drug-likeness (QED) is 0.458. The molecular formula is C17H16N4O2. The van der Waals surface area contributed by atoms with E-state index < -0.39 is 5.91 Å². The molecule has 2 aromatic rings. The number of anilines is 2. The number of carbonyl (C=O) groups excluding carboxylic acids is 1. The molecule has 0 saturated heterocycles. The highest BCUT2D eigenvalue weighted by Gasteiger charge is 2.11. The minimum atomic E-state index is -0.533. The first-order valence-electron chi connectivity index (χ1n) is 6.90. The van der Waals surface area contributed by atoms with Crippen LogP contribution in [0.15, 0.2) is 48.3 Å². The third-order valence-electron chi connectivity index (χ3n) is 3.12. The van der Waals surface area contributed by atoms with E-state index >= 15 is 0 Å². The Hall–Kier alpha value is -3.33. The maximum atomic E-state index is 12.1. The van der Waals surface area contributed by atoms with Gasteiger partial charge in [0.1, 0.15) is 17.4 Å². The number of nitrogens with one attached hydrogen (secondary N) is 2. The summed E-state index contributed by atoms with van der Waals surface area (Å²) in [6, 6.07) is 10.0. The molecule has 0 unspecified atom stereocenters. The van der Waals surface area contributed by atoms with Crippen LogP contribution in [0.2, 0.25) is 0 Å². The lowest BCUT2D eigenvalue weighted by Gasteiger charge is -2.08. The van der Waals surface area contributed by atoms with Crippen molar-refractivity contribution in [1.29, 1.82) is 5.26 Å². The Balaban J connectivity index is 2.10. The fourth-order valence-electron chi connectivity index (χ4n) is 1.84. The van der Waals surface area contributed by atoms with Crippen molar-refractivity contribution < 1.29 is 9.90 Å². The molecule has 0 aliphatic rings. The van der Waals surface area contributed by atoms with E-state index in [0.717, 1.165) is 5.69 Å². The Morgan fingerprint density at radius 3 is 2.70 bits per heavy atom. The summed E-state index contributed by atoms with van der Waals surface area (Å²) in [5, 5.41) is 24.0. The number of aromatic hydroxyl groups is 1. The molecule has 3 N–H and O–H groups in total. The average Bonchev–Trinajstić information content (AvgIpc) is 2.52. The minimum Gasteiger partial charge on any atom is -0.508 e. The predicted octanol–water partition coefficient (Wildman–Crippen LogP) is 2.86. The van der Waals surface area contributed by atoms with Gasteiger partial charge >= 0.3 is 0 Å². The Kier molecular flexibility index (Phi) is 4.95. The van der Waals surface area contributed by atoms with Gasteiger partial charge in [0.15, 0.2) is 0 Å². The van der Waals surface area contributed by atoms with Gasteiger partial charge in [0.2, 0.25) is 0 Å². The number of aromatic nitrogens is 1. The number of phenols is 1. The molecule has 23 heavy (non-hydrogen) atoms. The summed E-state index contributed by atoms with van der Waals surface area (Å²) >= 11 is 0. The molecule has 0 aliphatic carbocycles. The van der Waals surface area contributed by atoms with Gasteiger partial charge in [-0.15, -0.1) is 0 Å². The lowest BCUT2D eigenvalue weighted by molar-refractivity contribution is -0.112. The predicted molar refractivity (Wildman–Crippen MR) is 87.8 cm³/mol. The van der Waals surface area contributed by atoms with E-state index in [1.165, 1.54) is 18.3 Å². The van der Waals surface area contributed by atoms with Gasteiger partial charge in [-0.05, 0) is 49.7 Å². The van der Waals surface area contributed by atoms with Crippen LogP contribution in [-0.4, -0.2) is 16.0 Å². The number of benzene rings is 1. The Morgan fingerprint density at radius 2 is 2.09 bits per heavy atom. The van der Waals surface area contributed by atoms with Crippen molar-refractivity contribution in [3.63, 3.8) is 0 Å². The summed E-state index contributed by atoms with van der Waals surface area (Å²) in [5.41, 5.74) is 2.72. The van der Waals surface area contributed by atoms with Crippen LogP contribution in [0.3, 0.4) is 0 Å². The van der Waals surface area contributed by atoms with Gasteiger partial charge in [-0.3, -0.25) is 9.78 Å². The third kappa shape index (κ3) is 4.32. The second-order valence-electron chi connectivity index (χ2n) is 4.96. The van der Waals surface area contributed by atoms with Crippen molar-refractivity contribution in [1.82, 2.24) is 4.98 Å². The van der Waals surface area contributed by atoms with Gasteiger partial charge in [0.25, 0.3) is 5.91 Å². The third-order valence-corrected chi connectivity index (χ3v) is 3.12. The molecule has 0 bridgehead atoms. The molecule has 2 rings (SSSR count). The molecular weight excluding hydrogens is 292 g/mol. The van der Waals surface area contributed by atoms with E-state index in [9.17, 15) is 9.90 Å². The highest BCUT2D eigenvalue weighted by atomic mass is 16.3. The van der Waals surface area contributed by atoms with Gasteiger partial charge in [-0.25, -0.2) is 0 Å². The summed E-state index contributed by atoms with van der Waals surface area (Å²) in [6.45, 7) is 3.62. The molecule has 0 saturated carbocycles. The van der Waals surface area contributed by atoms with Crippen LogP contribution in [0.25, 0.3) is 0 Å². The van der Waals surface area contributed by atoms with Crippen LogP contribution in [-0.2, 0) is 4.79 Å². The SMILES string of the molecule is Cc1ccc(N/C=C(/C#N)C(=O)Nc2ccc(O)cc2C)cn1. The number of aryl methyl sites for hydroxylation is 2. The van der Waals surface area contributed by atoms with E-state index in [1.807, 2.05) is 19.1 Å². The lowest BCUT2D eigenvalue weighted by Crippen LogP contribution is -2.15. The van der Waals surface area contributed by atoms with Crippen LogP contribution < -0.4 is 10.6 Å². The summed E-state index contributed by atoms with van der Waals surface area (Å²) in [5.74, 6) is -0.418. The van der Waals surface area contributed by atoms with Crippen LogP contribution in [0.1, 0.15) is 11.3 Å². The van der Waals surface area contributed by atoms with Crippen LogP contribution in [0.5, 0.6) is 5.75 Å². The summed E-state index contributed by atoms with van der Waals surface area (Å²) < 4.78 is 0. The second kappa shape index (κ2) is 7.09. The van der Waals surface area contributed by atoms with E-state index in [1.54, 1.807) is 25.3 Å². The van der Waals surface area contributed by atoms with Crippen molar-refractivity contribution in [3.8, 4) is 11.8 Å². The van der Waals surface area contributed by atoms with Gasteiger partial charge in [-0.1, -0.05) is 0 Å². The van der Waals surface area contributed by atoms with E-state index in [0.29, 0.717) is 16.9 Å². The maximum Gasteiger partial charge on any atom is 0.267 e. The molecule has 0 atom stereocenters. The van der Waals surface area contributed by atoms with Crippen molar-refractivity contribution >= 4 is 17.3 Å².